The summed E-state index contributed by atoms with van der Waals surface area (Å²) in [5.41, 5.74) is 0.829. The minimum Gasteiger partial charge on any atom is -0.457 e. The topological polar surface area (TPSA) is 51.9 Å². The van der Waals surface area contributed by atoms with Crippen molar-refractivity contribution in [3.05, 3.63) is 42.2 Å². The number of likely N-dealkylation sites (tertiary alicyclic amines) is 1. The van der Waals surface area contributed by atoms with Crippen molar-refractivity contribution in [1.29, 1.82) is 0 Å². The molecule has 0 unspecified atom stereocenters. The van der Waals surface area contributed by atoms with Crippen LogP contribution in [0.25, 0.3) is 17.0 Å². The summed E-state index contributed by atoms with van der Waals surface area (Å²) in [4.78, 5) is 14.1. The first-order valence-corrected chi connectivity index (χ1v) is 7.98. The Morgan fingerprint density at radius 1 is 1.13 bits per heavy atom. The molecule has 0 atom stereocenters. The van der Waals surface area contributed by atoms with Gasteiger partial charge in [0.2, 0.25) is 5.91 Å². The number of ether oxygens (including phenoxy) is 2. The van der Waals surface area contributed by atoms with Crippen molar-refractivity contribution in [2.75, 3.05) is 26.3 Å². The molecule has 1 aromatic carbocycles. The Labute approximate surface area is 134 Å². The lowest BCUT2D eigenvalue weighted by atomic mass is 10.0. The molecule has 0 bridgehead atoms. The van der Waals surface area contributed by atoms with E-state index in [1.54, 1.807) is 12.2 Å². The molecule has 0 radical (unpaired) electrons. The van der Waals surface area contributed by atoms with Gasteiger partial charge in [0.15, 0.2) is 5.79 Å². The van der Waals surface area contributed by atoms with Gasteiger partial charge in [0.05, 0.1) is 13.2 Å². The van der Waals surface area contributed by atoms with Crippen molar-refractivity contribution >= 4 is 23.0 Å². The standard InChI is InChI=1S/C18H19NO4/c20-17(19-9-7-18(8-10-19)21-11-12-22-18)6-5-15-13-14-3-1-2-4-16(14)23-15/h1-6,13H,7-12H2/b6-5+. The summed E-state index contributed by atoms with van der Waals surface area (Å²) >= 11 is 0. The van der Waals surface area contributed by atoms with Crippen molar-refractivity contribution in [3.63, 3.8) is 0 Å². The van der Waals surface area contributed by atoms with Gasteiger partial charge in [-0.15, -0.1) is 0 Å². The van der Waals surface area contributed by atoms with E-state index >= 15 is 0 Å². The van der Waals surface area contributed by atoms with Gasteiger partial charge in [-0.1, -0.05) is 18.2 Å². The van der Waals surface area contributed by atoms with Crippen molar-refractivity contribution < 1.29 is 18.7 Å². The number of nitrogens with zero attached hydrogens (tertiary/aromatic N) is 1. The molecule has 4 rings (SSSR count). The maximum atomic E-state index is 12.3. The molecule has 1 spiro atoms. The zero-order chi connectivity index (χ0) is 15.7. The number of hydrogen-bond acceptors (Lipinski definition) is 4. The van der Waals surface area contributed by atoms with Gasteiger partial charge in [-0.05, 0) is 18.2 Å². The number of carbonyl (C=O) groups excluding carboxylic acids is 1. The molecule has 0 saturated carbocycles. The monoisotopic (exact) mass is 313 g/mol. The lowest BCUT2D eigenvalue weighted by Gasteiger charge is -2.37. The Morgan fingerprint density at radius 3 is 2.61 bits per heavy atom. The molecule has 2 saturated heterocycles. The third-order valence-electron chi connectivity index (χ3n) is 4.49. The summed E-state index contributed by atoms with van der Waals surface area (Å²) in [5.74, 6) is 0.243. The van der Waals surface area contributed by atoms with Crippen LogP contribution in [0.1, 0.15) is 18.6 Å². The van der Waals surface area contributed by atoms with E-state index in [9.17, 15) is 4.79 Å². The Kier molecular flexibility index (Phi) is 3.67. The molecule has 120 valence electrons. The van der Waals surface area contributed by atoms with Crippen LogP contribution in [0.5, 0.6) is 0 Å². The summed E-state index contributed by atoms with van der Waals surface area (Å²) in [6.45, 7) is 2.62. The molecule has 23 heavy (non-hydrogen) atoms. The molecule has 2 aliphatic rings. The number of furan rings is 1. The second-order valence-corrected chi connectivity index (χ2v) is 5.95. The maximum Gasteiger partial charge on any atom is 0.246 e. The van der Waals surface area contributed by atoms with Crippen molar-refractivity contribution in [2.24, 2.45) is 0 Å². The first kappa shape index (κ1) is 14.5. The fourth-order valence-corrected chi connectivity index (χ4v) is 3.20. The molecular weight excluding hydrogens is 294 g/mol. The largest absolute Gasteiger partial charge is 0.457 e. The molecule has 1 aromatic heterocycles. The highest BCUT2D eigenvalue weighted by Crippen LogP contribution is 2.31. The van der Waals surface area contributed by atoms with E-state index < -0.39 is 5.79 Å². The smallest absolute Gasteiger partial charge is 0.246 e. The van der Waals surface area contributed by atoms with E-state index in [1.807, 2.05) is 35.2 Å². The average Bonchev–Trinajstić information content (AvgIpc) is 3.20. The Balaban J connectivity index is 1.39. The highest BCUT2D eigenvalue weighted by atomic mass is 16.7. The van der Waals surface area contributed by atoms with Gasteiger partial charge in [-0.2, -0.15) is 0 Å². The van der Waals surface area contributed by atoms with E-state index in [1.165, 1.54) is 0 Å². The van der Waals surface area contributed by atoms with Gasteiger partial charge in [-0.25, -0.2) is 0 Å². The van der Waals surface area contributed by atoms with E-state index in [0.717, 1.165) is 23.8 Å². The van der Waals surface area contributed by atoms with Crippen LogP contribution < -0.4 is 0 Å². The number of fused-ring (bicyclic) bond motifs is 1. The summed E-state index contributed by atoms with van der Waals surface area (Å²) in [6.07, 6.45) is 4.77. The molecular formula is C18H19NO4. The van der Waals surface area contributed by atoms with Gasteiger partial charge >= 0.3 is 0 Å². The van der Waals surface area contributed by atoms with Crippen LogP contribution in [-0.4, -0.2) is 42.9 Å². The quantitative estimate of drug-likeness (QED) is 0.800. The molecule has 3 heterocycles. The Hall–Kier alpha value is -2.11. The number of benzene rings is 1. The summed E-state index contributed by atoms with van der Waals surface area (Å²) < 4.78 is 17.0. The van der Waals surface area contributed by atoms with Crippen LogP contribution in [0, 0.1) is 0 Å². The molecule has 5 heteroatoms. The summed E-state index contributed by atoms with van der Waals surface area (Å²) in [5, 5.41) is 1.04. The Morgan fingerprint density at radius 2 is 1.87 bits per heavy atom. The van der Waals surface area contributed by atoms with E-state index in [0.29, 0.717) is 32.1 Å². The molecule has 5 nitrogen and oxygen atoms in total. The summed E-state index contributed by atoms with van der Waals surface area (Å²) in [6, 6.07) is 9.74. The first-order valence-electron chi connectivity index (χ1n) is 7.98. The predicted molar refractivity (Wildman–Crippen MR) is 85.7 cm³/mol. The van der Waals surface area contributed by atoms with Gasteiger partial charge < -0.3 is 18.8 Å². The number of hydrogen-bond donors (Lipinski definition) is 0. The number of para-hydroxylation sites is 1. The molecule has 2 fully saturated rings. The molecule has 1 amide bonds. The normalized spacial score (nSPS) is 20.8. The van der Waals surface area contributed by atoms with Crippen LogP contribution >= 0.6 is 0 Å². The number of carbonyl (C=O) groups is 1. The maximum absolute atomic E-state index is 12.3. The van der Waals surface area contributed by atoms with Crippen LogP contribution in [0.2, 0.25) is 0 Å². The zero-order valence-corrected chi connectivity index (χ0v) is 12.9. The second kappa shape index (κ2) is 5.83. The number of piperidine rings is 1. The van der Waals surface area contributed by atoms with Crippen molar-refractivity contribution in [2.45, 2.75) is 18.6 Å². The van der Waals surface area contributed by atoms with Gasteiger partial charge in [0.1, 0.15) is 11.3 Å². The third-order valence-corrected chi connectivity index (χ3v) is 4.49. The van der Waals surface area contributed by atoms with Crippen LogP contribution in [0.3, 0.4) is 0 Å². The molecule has 2 aliphatic heterocycles. The number of rotatable bonds is 2. The van der Waals surface area contributed by atoms with Crippen molar-refractivity contribution in [1.82, 2.24) is 4.90 Å². The molecule has 0 N–H and O–H groups in total. The van der Waals surface area contributed by atoms with Crippen LogP contribution in [-0.2, 0) is 14.3 Å². The minimum atomic E-state index is -0.445. The van der Waals surface area contributed by atoms with E-state index in [-0.39, 0.29) is 5.91 Å². The SMILES string of the molecule is O=C(/C=C/c1cc2ccccc2o1)N1CCC2(CC1)OCCO2. The van der Waals surface area contributed by atoms with Crippen LogP contribution in [0.15, 0.2) is 40.8 Å². The lowest BCUT2D eigenvalue weighted by Crippen LogP contribution is -2.46. The fourth-order valence-electron chi connectivity index (χ4n) is 3.20. The van der Waals surface area contributed by atoms with E-state index in [4.69, 9.17) is 13.9 Å². The van der Waals surface area contributed by atoms with Gasteiger partial charge in [-0.3, -0.25) is 4.79 Å². The first-order chi connectivity index (χ1) is 11.2. The van der Waals surface area contributed by atoms with Gasteiger partial charge in [0.25, 0.3) is 0 Å². The average molecular weight is 313 g/mol. The third kappa shape index (κ3) is 2.90. The minimum absolute atomic E-state index is 0.00157. The summed E-state index contributed by atoms with van der Waals surface area (Å²) in [7, 11) is 0. The number of amides is 1. The van der Waals surface area contributed by atoms with Crippen LogP contribution in [0.4, 0.5) is 0 Å². The molecule has 0 aliphatic carbocycles. The molecule has 2 aromatic rings. The predicted octanol–water partition coefficient (Wildman–Crippen LogP) is 2.81. The van der Waals surface area contributed by atoms with E-state index in [2.05, 4.69) is 0 Å². The van der Waals surface area contributed by atoms with Crippen molar-refractivity contribution in [3.8, 4) is 0 Å². The highest BCUT2D eigenvalue weighted by molar-refractivity contribution is 5.92. The zero-order valence-electron chi connectivity index (χ0n) is 12.9. The Bertz CT molecular complexity index is 699. The second-order valence-electron chi connectivity index (χ2n) is 5.95. The highest BCUT2D eigenvalue weighted by Gasteiger charge is 2.40. The fraction of sp³-hybridized carbons (Fsp3) is 0.389. The lowest BCUT2D eigenvalue weighted by molar-refractivity contribution is -0.186. The van der Waals surface area contributed by atoms with Gasteiger partial charge in [0, 0.05) is 37.4 Å².